The molecule has 0 saturated carbocycles. The van der Waals surface area contributed by atoms with E-state index < -0.39 is 28.1 Å². The zero-order valence-electron chi connectivity index (χ0n) is 20.5. The molecule has 3 aromatic rings. The number of hydrogen-bond acceptors (Lipinski definition) is 5. The molecule has 36 heavy (non-hydrogen) atoms. The lowest BCUT2D eigenvalue weighted by molar-refractivity contribution is -0.122. The monoisotopic (exact) mass is 506 g/mol. The maximum absolute atomic E-state index is 13.0. The molecule has 2 N–H and O–H groups in total. The molecule has 7 nitrogen and oxygen atoms in total. The summed E-state index contributed by atoms with van der Waals surface area (Å²) in [4.78, 5) is 25.7. The predicted molar refractivity (Wildman–Crippen MR) is 138 cm³/mol. The zero-order chi connectivity index (χ0) is 25.9. The smallest absolute Gasteiger partial charge is 0.407 e. The van der Waals surface area contributed by atoms with Crippen LogP contribution < -0.4 is 10.0 Å². The summed E-state index contributed by atoms with van der Waals surface area (Å²) in [6.45, 7) is 5.56. The Kier molecular flexibility index (Phi) is 7.45. The lowest BCUT2D eigenvalue weighted by atomic mass is 9.98. The second kappa shape index (κ2) is 10.5. The first-order chi connectivity index (χ1) is 17.2. The summed E-state index contributed by atoms with van der Waals surface area (Å²) in [5.74, 6) is -1.25. The van der Waals surface area contributed by atoms with Crippen molar-refractivity contribution in [2.75, 3.05) is 6.61 Å². The van der Waals surface area contributed by atoms with E-state index >= 15 is 0 Å². The van der Waals surface area contributed by atoms with Gasteiger partial charge in [0.1, 0.15) is 12.6 Å². The van der Waals surface area contributed by atoms with Crippen molar-refractivity contribution in [1.82, 2.24) is 10.0 Å². The Balaban J connectivity index is 1.45. The van der Waals surface area contributed by atoms with E-state index in [4.69, 9.17) is 4.74 Å². The van der Waals surface area contributed by atoms with Crippen LogP contribution >= 0.6 is 0 Å². The first-order valence-electron chi connectivity index (χ1n) is 12.0. The molecule has 0 fully saturated rings. The van der Waals surface area contributed by atoms with Crippen molar-refractivity contribution >= 4 is 22.0 Å². The Morgan fingerprint density at radius 2 is 1.47 bits per heavy atom. The number of benzene rings is 3. The van der Waals surface area contributed by atoms with Gasteiger partial charge in [0.15, 0.2) is 0 Å². The normalized spacial score (nSPS) is 14.3. The Morgan fingerprint density at radius 1 is 0.917 bits per heavy atom. The second-order valence-electron chi connectivity index (χ2n) is 9.12. The standard InChI is InChI=1S/C28H30N2O5S/c1-4-19(3)26(27(31)30-36(33,34)20-15-13-18(2)14-16-20)29-28(32)35-17-25-23-11-7-5-9-21(23)22-10-6-8-12-24(22)25/h5-16,19,25-26H,4,17H2,1-3H3,(H,29,32)(H,30,31)/t19-,26-/m1/s1. The number of carbonyl (C=O) groups is 2. The lowest BCUT2D eigenvalue weighted by Gasteiger charge is -2.23. The Bertz CT molecular complexity index is 1320. The van der Waals surface area contributed by atoms with Gasteiger partial charge < -0.3 is 10.1 Å². The summed E-state index contributed by atoms with van der Waals surface area (Å²) in [7, 11) is -4.08. The van der Waals surface area contributed by atoms with E-state index in [1.807, 2.05) is 62.4 Å². The van der Waals surface area contributed by atoms with Crippen LogP contribution in [0.2, 0.25) is 0 Å². The van der Waals surface area contributed by atoms with Crippen LogP contribution in [0.25, 0.3) is 11.1 Å². The number of rotatable bonds is 8. The molecule has 0 aromatic heterocycles. The summed E-state index contributed by atoms with van der Waals surface area (Å²) >= 11 is 0. The molecule has 0 aliphatic heterocycles. The number of aryl methyl sites for hydroxylation is 1. The zero-order valence-corrected chi connectivity index (χ0v) is 21.3. The van der Waals surface area contributed by atoms with E-state index in [9.17, 15) is 18.0 Å². The fraction of sp³-hybridized carbons (Fsp3) is 0.286. The average molecular weight is 507 g/mol. The Morgan fingerprint density at radius 3 is 2.03 bits per heavy atom. The molecule has 1 aliphatic carbocycles. The van der Waals surface area contributed by atoms with Gasteiger partial charge in [-0.3, -0.25) is 4.79 Å². The van der Waals surface area contributed by atoms with Crippen LogP contribution in [0.4, 0.5) is 4.79 Å². The SMILES string of the molecule is CC[C@@H](C)[C@@H](NC(=O)OCC1c2ccccc2-c2ccccc21)C(=O)NS(=O)(=O)c1ccc(C)cc1. The van der Waals surface area contributed by atoms with Crippen LogP contribution in [0.15, 0.2) is 77.7 Å². The molecule has 0 spiro atoms. The van der Waals surface area contributed by atoms with Crippen LogP contribution in [-0.2, 0) is 19.6 Å². The number of ether oxygens (including phenoxy) is 1. The van der Waals surface area contributed by atoms with Crippen LogP contribution in [0.5, 0.6) is 0 Å². The van der Waals surface area contributed by atoms with Crippen molar-refractivity contribution in [1.29, 1.82) is 0 Å². The quantitative estimate of drug-likeness (QED) is 0.459. The summed E-state index contributed by atoms with van der Waals surface area (Å²) in [5.41, 5.74) is 5.27. The van der Waals surface area contributed by atoms with Gasteiger partial charge in [0.2, 0.25) is 0 Å². The van der Waals surface area contributed by atoms with E-state index in [0.29, 0.717) is 6.42 Å². The van der Waals surface area contributed by atoms with E-state index in [0.717, 1.165) is 27.8 Å². The third-order valence-corrected chi connectivity index (χ3v) is 8.04. The third kappa shape index (κ3) is 5.28. The number of alkyl carbamates (subject to hydrolysis) is 1. The highest BCUT2D eigenvalue weighted by Crippen LogP contribution is 2.44. The highest BCUT2D eigenvalue weighted by Gasteiger charge is 2.32. The van der Waals surface area contributed by atoms with Gasteiger partial charge in [-0.1, -0.05) is 86.5 Å². The number of amides is 2. The van der Waals surface area contributed by atoms with Crippen molar-refractivity contribution < 1.29 is 22.7 Å². The first-order valence-corrected chi connectivity index (χ1v) is 13.4. The Hall–Kier alpha value is -3.65. The van der Waals surface area contributed by atoms with E-state index in [-0.39, 0.29) is 23.3 Å². The van der Waals surface area contributed by atoms with Gasteiger partial charge in [0, 0.05) is 5.92 Å². The molecule has 1 aliphatic rings. The summed E-state index contributed by atoms with van der Waals surface area (Å²) in [6.07, 6.45) is -0.225. The molecule has 4 rings (SSSR count). The van der Waals surface area contributed by atoms with E-state index in [1.54, 1.807) is 19.1 Å². The fourth-order valence-corrected chi connectivity index (χ4v) is 5.45. The van der Waals surface area contributed by atoms with Gasteiger partial charge in [0.25, 0.3) is 15.9 Å². The molecule has 0 heterocycles. The van der Waals surface area contributed by atoms with Gasteiger partial charge in [-0.15, -0.1) is 0 Å². The molecule has 0 saturated heterocycles. The van der Waals surface area contributed by atoms with Crippen molar-refractivity contribution in [2.24, 2.45) is 5.92 Å². The second-order valence-corrected chi connectivity index (χ2v) is 10.8. The predicted octanol–water partition coefficient (Wildman–Crippen LogP) is 4.75. The number of hydrogen-bond donors (Lipinski definition) is 2. The van der Waals surface area contributed by atoms with Gasteiger partial charge in [-0.05, 0) is 47.2 Å². The molecule has 3 aromatic carbocycles. The van der Waals surface area contributed by atoms with Gasteiger partial charge in [0.05, 0.1) is 4.90 Å². The molecule has 188 valence electrons. The van der Waals surface area contributed by atoms with Crippen LogP contribution in [0, 0.1) is 12.8 Å². The molecular formula is C28H30N2O5S. The van der Waals surface area contributed by atoms with E-state index in [2.05, 4.69) is 10.0 Å². The maximum Gasteiger partial charge on any atom is 0.407 e. The van der Waals surface area contributed by atoms with E-state index in [1.165, 1.54) is 12.1 Å². The van der Waals surface area contributed by atoms with Crippen molar-refractivity contribution in [2.45, 2.75) is 44.0 Å². The third-order valence-electron chi connectivity index (χ3n) is 6.68. The number of nitrogens with one attached hydrogen (secondary N) is 2. The number of carbonyl (C=O) groups excluding carboxylic acids is 2. The molecule has 8 heteroatoms. The average Bonchev–Trinajstić information content (AvgIpc) is 3.19. The van der Waals surface area contributed by atoms with Gasteiger partial charge >= 0.3 is 6.09 Å². The van der Waals surface area contributed by atoms with Crippen molar-refractivity contribution in [3.05, 3.63) is 89.5 Å². The summed E-state index contributed by atoms with van der Waals surface area (Å²) in [6, 6.07) is 21.1. The molecule has 0 unspecified atom stereocenters. The van der Waals surface area contributed by atoms with Crippen LogP contribution in [0.1, 0.15) is 42.9 Å². The van der Waals surface area contributed by atoms with Crippen LogP contribution in [-0.4, -0.2) is 33.1 Å². The molecule has 0 bridgehead atoms. The molecule has 0 radical (unpaired) electrons. The van der Waals surface area contributed by atoms with Gasteiger partial charge in [-0.2, -0.15) is 0 Å². The first kappa shape index (κ1) is 25.4. The number of fused-ring (bicyclic) bond motifs is 3. The van der Waals surface area contributed by atoms with Crippen molar-refractivity contribution in [3.8, 4) is 11.1 Å². The Labute approximate surface area is 211 Å². The molecular weight excluding hydrogens is 476 g/mol. The lowest BCUT2D eigenvalue weighted by Crippen LogP contribution is -2.51. The summed E-state index contributed by atoms with van der Waals surface area (Å²) in [5, 5.41) is 2.58. The highest BCUT2D eigenvalue weighted by atomic mass is 32.2. The minimum absolute atomic E-state index is 0.0227. The number of sulfonamides is 1. The largest absolute Gasteiger partial charge is 0.449 e. The maximum atomic E-state index is 13.0. The summed E-state index contributed by atoms with van der Waals surface area (Å²) < 4.78 is 33.1. The minimum Gasteiger partial charge on any atom is -0.449 e. The van der Waals surface area contributed by atoms with Crippen molar-refractivity contribution in [3.63, 3.8) is 0 Å². The van der Waals surface area contributed by atoms with Gasteiger partial charge in [-0.25, -0.2) is 17.9 Å². The van der Waals surface area contributed by atoms with Crippen LogP contribution in [0.3, 0.4) is 0 Å². The minimum atomic E-state index is -4.08. The molecule has 2 atom stereocenters. The molecule has 2 amide bonds. The highest BCUT2D eigenvalue weighted by molar-refractivity contribution is 7.90. The topological polar surface area (TPSA) is 102 Å². The fourth-order valence-electron chi connectivity index (χ4n) is 4.44.